The van der Waals surface area contributed by atoms with Crippen LogP contribution in [0.25, 0.3) is 21.3 Å². The molecule has 0 spiro atoms. The first kappa shape index (κ1) is 14.8. The molecule has 7 nitrogen and oxygen atoms in total. The molecule has 0 bridgehead atoms. The highest BCUT2D eigenvalue weighted by atomic mass is 32.1. The number of oxime groups is 1. The molecule has 0 saturated heterocycles. The molecule has 24 heavy (non-hydrogen) atoms. The van der Waals surface area contributed by atoms with E-state index in [2.05, 4.69) is 30.3 Å². The summed E-state index contributed by atoms with van der Waals surface area (Å²) in [6, 6.07) is 3.85. The van der Waals surface area contributed by atoms with Crippen molar-refractivity contribution in [2.75, 3.05) is 0 Å². The van der Waals surface area contributed by atoms with Crippen LogP contribution in [-0.2, 0) is 6.42 Å². The van der Waals surface area contributed by atoms with Gasteiger partial charge in [-0.1, -0.05) is 5.16 Å². The average Bonchev–Trinajstić information content (AvgIpc) is 3.03. The highest BCUT2D eigenvalue weighted by molar-refractivity contribution is 7.18. The summed E-state index contributed by atoms with van der Waals surface area (Å²) in [5, 5.41) is 22.0. The van der Waals surface area contributed by atoms with E-state index in [1.165, 1.54) is 11.3 Å². The molecule has 0 unspecified atom stereocenters. The van der Waals surface area contributed by atoms with Crippen LogP contribution in [-0.4, -0.2) is 36.1 Å². The molecule has 1 N–H and O–H groups in total. The zero-order valence-corrected chi connectivity index (χ0v) is 13.8. The monoisotopic (exact) mass is 338 g/mol. The Kier molecular flexibility index (Phi) is 3.73. The zero-order chi connectivity index (χ0) is 16.5. The minimum Gasteiger partial charge on any atom is -0.411 e. The van der Waals surface area contributed by atoms with Crippen LogP contribution >= 0.6 is 11.3 Å². The molecule has 3 heterocycles. The molecule has 8 heteroatoms. The van der Waals surface area contributed by atoms with Crippen molar-refractivity contribution in [3.63, 3.8) is 0 Å². The molecule has 0 atom stereocenters. The summed E-state index contributed by atoms with van der Waals surface area (Å²) in [7, 11) is 0. The van der Waals surface area contributed by atoms with Crippen LogP contribution in [0.3, 0.4) is 0 Å². The minimum atomic E-state index is 0.516. The van der Waals surface area contributed by atoms with Gasteiger partial charge in [-0.05, 0) is 38.3 Å². The fourth-order valence-corrected chi connectivity index (χ4v) is 3.68. The lowest BCUT2D eigenvalue weighted by atomic mass is 9.99. The van der Waals surface area contributed by atoms with Crippen LogP contribution in [0.15, 0.2) is 29.7 Å². The summed E-state index contributed by atoms with van der Waals surface area (Å²) >= 11 is 1.51. The molecular weight excluding hydrogens is 324 g/mol. The van der Waals surface area contributed by atoms with Crippen molar-refractivity contribution < 1.29 is 5.21 Å². The lowest BCUT2D eigenvalue weighted by Crippen LogP contribution is -2.17. The van der Waals surface area contributed by atoms with Crippen molar-refractivity contribution in [2.45, 2.75) is 26.2 Å². The maximum absolute atomic E-state index is 9.19. The Morgan fingerprint density at radius 1 is 1.21 bits per heavy atom. The summed E-state index contributed by atoms with van der Waals surface area (Å²) in [5.41, 5.74) is 3.80. The maximum Gasteiger partial charge on any atom is 0.194 e. The Morgan fingerprint density at radius 2 is 2.12 bits per heavy atom. The van der Waals surface area contributed by atoms with E-state index in [-0.39, 0.29) is 0 Å². The first-order chi connectivity index (χ1) is 11.8. The van der Waals surface area contributed by atoms with E-state index in [1.54, 1.807) is 12.4 Å². The molecule has 3 aromatic heterocycles. The number of nitrogens with zero attached hydrogens (tertiary/aromatic N) is 6. The zero-order valence-electron chi connectivity index (χ0n) is 13.0. The number of aromatic nitrogens is 5. The Balaban J connectivity index is 1.79. The summed E-state index contributed by atoms with van der Waals surface area (Å²) < 4.78 is 0. The van der Waals surface area contributed by atoms with Gasteiger partial charge < -0.3 is 5.21 Å². The Hall–Kier alpha value is -2.74. The largest absolute Gasteiger partial charge is 0.411 e. The Labute approximate surface area is 142 Å². The van der Waals surface area contributed by atoms with Crippen LogP contribution in [0.5, 0.6) is 0 Å². The van der Waals surface area contributed by atoms with Crippen molar-refractivity contribution in [1.82, 2.24) is 25.1 Å². The number of hydrogen-bond donors (Lipinski definition) is 1. The number of fused-ring (bicyclic) bond motifs is 1. The first-order valence-electron chi connectivity index (χ1n) is 7.59. The smallest absolute Gasteiger partial charge is 0.194 e. The van der Waals surface area contributed by atoms with Gasteiger partial charge in [-0.3, -0.25) is 4.98 Å². The van der Waals surface area contributed by atoms with Crippen LogP contribution in [0.1, 0.15) is 29.9 Å². The van der Waals surface area contributed by atoms with Crippen LogP contribution in [0.2, 0.25) is 0 Å². The molecule has 4 rings (SSSR count). The third-order valence-electron chi connectivity index (χ3n) is 3.89. The Bertz CT molecular complexity index is 922. The lowest BCUT2D eigenvalue weighted by molar-refractivity contribution is 0.317. The van der Waals surface area contributed by atoms with Gasteiger partial charge in [0, 0.05) is 18.0 Å². The van der Waals surface area contributed by atoms with Crippen LogP contribution in [0, 0.1) is 6.92 Å². The predicted molar refractivity (Wildman–Crippen MR) is 90.2 cm³/mol. The number of thiazole rings is 1. The molecule has 0 aromatic carbocycles. The van der Waals surface area contributed by atoms with Gasteiger partial charge >= 0.3 is 0 Å². The van der Waals surface area contributed by atoms with Gasteiger partial charge in [-0.25, -0.2) is 9.97 Å². The lowest BCUT2D eigenvalue weighted by Gasteiger charge is -2.14. The van der Waals surface area contributed by atoms with Crippen LogP contribution in [0.4, 0.5) is 0 Å². The van der Waals surface area contributed by atoms with E-state index in [4.69, 9.17) is 0 Å². The van der Waals surface area contributed by atoms with Crippen molar-refractivity contribution in [3.05, 3.63) is 41.6 Å². The van der Waals surface area contributed by atoms with Crippen LogP contribution < -0.4 is 0 Å². The molecule has 1 aliphatic rings. The van der Waals surface area contributed by atoms with Gasteiger partial charge in [0.15, 0.2) is 5.82 Å². The number of rotatable bonds is 2. The highest BCUT2D eigenvalue weighted by Crippen LogP contribution is 2.33. The van der Waals surface area contributed by atoms with Gasteiger partial charge in [0.25, 0.3) is 0 Å². The third-order valence-corrected chi connectivity index (χ3v) is 5.09. The average molecular weight is 338 g/mol. The fraction of sp³-hybridized carbons (Fsp3) is 0.250. The molecule has 120 valence electrons. The van der Waals surface area contributed by atoms with Crippen molar-refractivity contribution in [3.8, 4) is 21.3 Å². The SMILES string of the molecule is Cc1nc(-c2cccnc2)sc1-c1nnc2c(n1)/C(=N/O)CCC2. The molecule has 0 aliphatic heterocycles. The summed E-state index contributed by atoms with van der Waals surface area (Å²) in [4.78, 5) is 14.2. The van der Waals surface area contributed by atoms with E-state index in [0.29, 0.717) is 23.7 Å². The van der Waals surface area contributed by atoms with Crippen molar-refractivity contribution in [1.29, 1.82) is 0 Å². The van der Waals surface area contributed by atoms with Gasteiger partial charge in [-0.15, -0.1) is 16.4 Å². The van der Waals surface area contributed by atoms with Crippen molar-refractivity contribution in [2.24, 2.45) is 5.16 Å². The molecule has 0 radical (unpaired) electrons. The highest BCUT2D eigenvalue weighted by Gasteiger charge is 2.22. The third kappa shape index (κ3) is 2.54. The second-order valence-electron chi connectivity index (χ2n) is 5.51. The number of hydrogen-bond acceptors (Lipinski definition) is 8. The topological polar surface area (TPSA) is 97.0 Å². The summed E-state index contributed by atoms with van der Waals surface area (Å²) in [6.45, 7) is 1.93. The molecular formula is C16H14N6OS. The second kappa shape index (κ2) is 6.04. The maximum atomic E-state index is 9.19. The van der Waals surface area contributed by atoms with Gasteiger partial charge in [0.1, 0.15) is 16.4 Å². The van der Waals surface area contributed by atoms with E-state index in [1.807, 2.05) is 19.1 Å². The van der Waals surface area contributed by atoms with Crippen molar-refractivity contribution >= 4 is 17.0 Å². The molecule has 0 fully saturated rings. The minimum absolute atomic E-state index is 0.516. The quantitative estimate of drug-likeness (QED) is 0.570. The second-order valence-corrected chi connectivity index (χ2v) is 6.51. The molecule has 0 saturated carbocycles. The summed E-state index contributed by atoms with van der Waals surface area (Å²) in [6.07, 6.45) is 5.91. The number of pyridine rings is 1. The van der Waals surface area contributed by atoms with Gasteiger partial charge in [0.05, 0.1) is 16.3 Å². The number of aryl methyl sites for hydroxylation is 2. The molecule has 0 amide bonds. The van der Waals surface area contributed by atoms with E-state index < -0.39 is 0 Å². The summed E-state index contributed by atoms with van der Waals surface area (Å²) in [5.74, 6) is 0.516. The fourth-order valence-electron chi connectivity index (χ4n) is 2.70. The van der Waals surface area contributed by atoms with E-state index in [0.717, 1.165) is 39.7 Å². The normalized spacial score (nSPS) is 15.5. The van der Waals surface area contributed by atoms with Gasteiger partial charge in [-0.2, -0.15) is 5.10 Å². The predicted octanol–water partition coefficient (Wildman–Crippen LogP) is 2.88. The standard InChI is InChI=1S/C16H14N6OS/c1-9-14(24-16(18-9)10-4-3-7-17-8-10)15-19-13-11(20-21-15)5-2-6-12(13)22-23/h3-4,7-8,23H,2,5-6H2,1H3/b22-12+. The molecule has 1 aliphatic carbocycles. The van der Waals surface area contributed by atoms with E-state index >= 15 is 0 Å². The van der Waals surface area contributed by atoms with Gasteiger partial charge in [0.2, 0.25) is 0 Å². The first-order valence-corrected chi connectivity index (χ1v) is 8.41. The Morgan fingerprint density at radius 3 is 2.92 bits per heavy atom. The van der Waals surface area contributed by atoms with E-state index in [9.17, 15) is 5.21 Å². The molecule has 3 aromatic rings.